The molecule has 0 aliphatic rings. The van der Waals surface area contributed by atoms with Crippen LogP contribution in [0.4, 0.5) is 5.00 Å². The van der Waals surface area contributed by atoms with E-state index in [2.05, 4.69) is 5.32 Å². The molecule has 0 saturated carbocycles. The van der Waals surface area contributed by atoms with Crippen LogP contribution < -0.4 is 14.8 Å². The van der Waals surface area contributed by atoms with Crippen molar-refractivity contribution in [2.75, 3.05) is 19.0 Å². The fourth-order valence-corrected chi connectivity index (χ4v) is 5.29. The quantitative estimate of drug-likeness (QED) is 0.147. The van der Waals surface area contributed by atoms with E-state index in [4.69, 9.17) is 37.4 Å². The summed E-state index contributed by atoms with van der Waals surface area (Å²) in [5.74, 6) is 0.205. The van der Waals surface area contributed by atoms with Gasteiger partial charge in [-0.25, -0.2) is 4.79 Å². The lowest BCUT2D eigenvalue weighted by Crippen LogP contribution is -2.12. The zero-order chi connectivity index (χ0) is 28.6. The van der Waals surface area contributed by atoms with E-state index in [1.165, 1.54) is 17.4 Å². The number of esters is 1. The van der Waals surface area contributed by atoms with Gasteiger partial charge < -0.3 is 19.5 Å². The van der Waals surface area contributed by atoms with Crippen molar-refractivity contribution in [2.45, 2.75) is 20.5 Å². The molecule has 9 heteroatoms. The van der Waals surface area contributed by atoms with Gasteiger partial charge in [-0.1, -0.05) is 53.5 Å². The molecule has 1 aromatic heterocycles. The van der Waals surface area contributed by atoms with E-state index >= 15 is 0 Å². The molecule has 0 aliphatic heterocycles. The Morgan fingerprint density at radius 3 is 2.27 bits per heavy atom. The van der Waals surface area contributed by atoms with Gasteiger partial charge in [0.2, 0.25) is 5.91 Å². The van der Waals surface area contributed by atoms with E-state index < -0.39 is 11.9 Å². The van der Waals surface area contributed by atoms with Crippen LogP contribution in [0.1, 0.15) is 33.3 Å². The van der Waals surface area contributed by atoms with Gasteiger partial charge >= 0.3 is 5.97 Å². The summed E-state index contributed by atoms with van der Waals surface area (Å²) < 4.78 is 16.7. The van der Waals surface area contributed by atoms with Gasteiger partial charge in [0.05, 0.1) is 13.7 Å². The second-order valence-electron chi connectivity index (χ2n) is 8.61. The van der Waals surface area contributed by atoms with Crippen molar-refractivity contribution < 1.29 is 23.8 Å². The van der Waals surface area contributed by atoms with Gasteiger partial charge in [0.15, 0.2) is 11.5 Å². The highest BCUT2D eigenvalue weighted by atomic mass is 35.5. The van der Waals surface area contributed by atoms with Gasteiger partial charge in [-0.05, 0) is 73.0 Å². The normalized spacial score (nSPS) is 10.9. The number of amides is 1. The second-order valence-corrected chi connectivity index (χ2v) is 10.7. The van der Waals surface area contributed by atoms with Gasteiger partial charge in [0.1, 0.15) is 17.2 Å². The minimum Gasteiger partial charge on any atom is -0.493 e. The molecule has 0 radical (unpaired) electrons. The molecule has 0 saturated heterocycles. The first-order valence-corrected chi connectivity index (χ1v) is 14.0. The van der Waals surface area contributed by atoms with Crippen molar-refractivity contribution in [1.82, 2.24) is 0 Å². The third kappa shape index (κ3) is 7.24. The number of thiophene rings is 1. The Kier molecular flexibility index (Phi) is 9.88. The number of benzene rings is 3. The Morgan fingerprint density at radius 1 is 0.950 bits per heavy atom. The predicted octanol–water partition coefficient (Wildman–Crippen LogP) is 8.45. The maximum Gasteiger partial charge on any atom is 0.341 e. The Balaban J connectivity index is 1.51. The maximum atomic E-state index is 12.9. The lowest BCUT2D eigenvalue weighted by atomic mass is 10.0. The van der Waals surface area contributed by atoms with E-state index in [1.807, 2.05) is 49.4 Å². The molecule has 0 aliphatic carbocycles. The van der Waals surface area contributed by atoms with Crippen LogP contribution in [0, 0.1) is 6.92 Å². The standard InChI is InChI=1S/C31H27Cl2NO5S/c1-4-38-31(36)29-28(22-9-13-24(33)14-10-22)19(2)40-30(29)34-27(35)16-8-20-7-15-25(26(17-20)37-3)39-18-21-5-11-23(32)12-6-21/h5-17H,4,18H2,1-3H3,(H,34,35)/b16-8+. The van der Waals surface area contributed by atoms with Crippen LogP contribution in [0.15, 0.2) is 72.8 Å². The number of hydrogen-bond acceptors (Lipinski definition) is 6. The largest absolute Gasteiger partial charge is 0.493 e. The van der Waals surface area contributed by atoms with Crippen LogP contribution in [0.5, 0.6) is 11.5 Å². The molecule has 4 aromatic rings. The third-order valence-corrected chi connectivity index (χ3v) is 7.38. The Morgan fingerprint density at radius 2 is 1.62 bits per heavy atom. The third-order valence-electron chi connectivity index (χ3n) is 5.86. The first kappa shape index (κ1) is 29.2. The van der Waals surface area contributed by atoms with Gasteiger partial charge in [0.25, 0.3) is 0 Å². The number of nitrogens with one attached hydrogen (secondary N) is 1. The number of carbonyl (C=O) groups excluding carboxylic acids is 2. The van der Waals surface area contributed by atoms with Gasteiger partial charge in [0, 0.05) is 26.6 Å². The van der Waals surface area contributed by atoms with Gasteiger partial charge in [-0.3, -0.25) is 4.79 Å². The number of carbonyl (C=O) groups is 2. The van der Waals surface area contributed by atoms with Gasteiger partial charge in [-0.2, -0.15) is 0 Å². The SMILES string of the molecule is CCOC(=O)c1c(NC(=O)/C=C/c2ccc(OCc3ccc(Cl)cc3)c(OC)c2)sc(C)c1-c1ccc(Cl)cc1. The van der Waals surface area contributed by atoms with Crippen LogP contribution >= 0.6 is 34.5 Å². The number of anilines is 1. The molecule has 206 valence electrons. The van der Waals surface area contributed by atoms with E-state index in [0.717, 1.165) is 21.6 Å². The molecule has 0 bridgehead atoms. The molecule has 40 heavy (non-hydrogen) atoms. The summed E-state index contributed by atoms with van der Waals surface area (Å²) in [7, 11) is 1.55. The van der Waals surface area contributed by atoms with E-state index in [0.29, 0.717) is 44.3 Å². The van der Waals surface area contributed by atoms with Crippen LogP contribution in [-0.2, 0) is 16.1 Å². The molecule has 1 heterocycles. The average molecular weight is 597 g/mol. The summed E-state index contributed by atoms with van der Waals surface area (Å²) in [6.07, 6.45) is 3.06. The maximum absolute atomic E-state index is 12.9. The summed E-state index contributed by atoms with van der Waals surface area (Å²) >= 11 is 13.3. The number of halogens is 2. The average Bonchev–Trinajstić information content (AvgIpc) is 3.27. The highest BCUT2D eigenvalue weighted by Crippen LogP contribution is 2.41. The van der Waals surface area contributed by atoms with Crippen LogP contribution in [-0.4, -0.2) is 25.6 Å². The number of methoxy groups -OCH3 is 1. The molecule has 0 atom stereocenters. The number of aryl methyl sites for hydroxylation is 1. The molecule has 0 spiro atoms. The molecule has 3 aromatic carbocycles. The van der Waals surface area contributed by atoms with E-state index in [-0.39, 0.29) is 6.61 Å². The second kappa shape index (κ2) is 13.5. The minimum absolute atomic E-state index is 0.211. The summed E-state index contributed by atoms with van der Waals surface area (Å²) in [5, 5.41) is 4.51. The molecule has 0 fully saturated rings. The summed E-state index contributed by atoms with van der Waals surface area (Å²) in [4.78, 5) is 26.7. The smallest absolute Gasteiger partial charge is 0.341 e. The van der Waals surface area contributed by atoms with Crippen LogP contribution in [0.25, 0.3) is 17.2 Å². The fraction of sp³-hybridized carbons (Fsp3) is 0.161. The Hall–Kier alpha value is -3.78. The minimum atomic E-state index is -0.505. The van der Waals surface area contributed by atoms with Crippen molar-refractivity contribution in [3.63, 3.8) is 0 Å². The van der Waals surface area contributed by atoms with Crippen molar-refractivity contribution >= 4 is 57.5 Å². The zero-order valence-corrected chi connectivity index (χ0v) is 24.5. The highest BCUT2D eigenvalue weighted by Gasteiger charge is 2.25. The van der Waals surface area contributed by atoms with Crippen LogP contribution in [0.2, 0.25) is 10.0 Å². The van der Waals surface area contributed by atoms with Crippen molar-refractivity contribution in [1.29, 1.82) is 0 Å². The first-order valence-electron chi connectivity index (χ1n) is 12.4. The van der Waals surface area contributed by atoms with Crippen LogP contribution in [0.3, 0.4) is 0 Å². The predicted molar refractivity (Wildman–Crippen MR) is 162 cm³/mol. The van der Waals surface area contributed by atoms with Crippen molar-refractivity contribution in [3.05, 3.63) is 104 Å². The molecule has 1 amide bonds. The topological polar surface area (TPSA) is 73.9 Å². The number of hydrogen-bond donors (Lipinski definition) is 1. The highest BCUT2D eigenvalue weighted by molar-refractivity contribution is 7.17. The van der Waals surface area contributed by atoms with E-state index in [9.17, 15) is 9.59 Å². The zero-order valence-electron chi connectivity index (χ0n) is 22.1. The molecule has 1 N–H and O–H groups in total. The fourth-order valence-electron chi connectivity index (χ4n) is 3.97. The van der Waals surface area contributed by atoms with Crippen molar-refractivity contribution in [3.8, 4) is 22.6 Å². The summed E-state index contributed by atoms with van der Waals surface area (Å²) in [5.41, 5.74) is 3.54. The summed E-state index contributed by atoms with van der Waals surface area (Å²) in [6, 6.07) is 20.0. The monoisotopic (exact) mass is 595 g/mol. The van der Waals surface area contributed by atoms with E-state index in [1.54, 1.807) is 44.4 Å². The molecule has 4 rings (SSSR count). The van der Waals surface area contributed by atoms with Gasteiger partial charge in [-0.15, -0.1) is 11.3 Å². The molecular formula is C31H27Cl2NO5S. The number of rotatable bonds is 10. The molecular weight excluding hydrogens is 569 g/mol. The first-order chi connectivity index (χ1) is 19.3. The lowest BCUT2D eigenvalue weighted by molar-refractivity contribution is -0.111. The molecule has 0 unspecified atom stereocenters. The lowest BCUT2D eigenvalue weighted by Gasteiger charge is -2.11. The Bertz CT molecular complexity index is 1530. The molecule has 6 nitrogen and oxygen atoms in total. The summed E-state index contributed by atoms with van der Waals surface area (Å²) in [6.45, 7) is 4.20. The van der Waals surface area contributed by atoms with Crippen molar-refractivity contribution in [2.24, 2.45) is 0 Å². The Labute approximate surface area is 247 Å². The number of ether oxygens (including phenoxy) is 3.